The molecule has 0 bridgehead atoms. The van der Waals surface area contributed by atoms with Gasteiger partial charge in [0.05, 0.1) is 18.9 Å². The number of carboxylic acid groups (broad SMARTS) is 1. The van der Waals surface area contributed by atoms with Crippen molar-refractivity contribution in [2.75, 3.05) is 26.0 Å². The molecule has 1 saturated heterocycles. The van der Waals surface area contributed by atoms with Crippen molar-refractivity contribution >= 4 is 27.5 Å². The molecule has 2 aromatic rings. The van der Waals surface area contributed by atoms with Crippen molar-refractivity contribution in [1.29, 1.82) is 0 Å². The van der Waals surface area contributed by atoms with Crippen LogP contribution in [0.4, 0.5) is 4.79 Å². The third-order valence-electron chi connectivity index (χ3n) is 5.87. The molecule has 9 heteroatoms. The van der Waals surface area contributed by atoms with Gasteiger partial charge >= 0.3 is 12.1 Å². The van der Waals surface area contributed by atoms with Gasteiger partial charge in [0.25, 0.3) is 0 Å². The molecule has 0 spiro atoms. The number of carboxylic acids is 1. The number of amides is 1. The quantitative estimate of drug-likeness (QED) is 0.614. The van der Waals surface area contributed by atoms with E-state index in [-0.39, 0.29) is 25.3 Å². The number of hydrogen-bond acceptors (Lipinski definition) is 6. The topological polar surface area (TPSA) is 110 Å². The molecule has 8 nitrogen and oxygen atoms in total. The van der Waals surface area contributed by atoms with E-state index in [1.807, 2.05) is 36.4 Å². The summed E-state index contributed by atoms with van der Waals surface area (Å²) >= 11 is 0. The third kappa shape index (κ3) is 4.84. The summed E-state index contributed by atoms with van der Waals surface area (Å²) in [6, 6.07) is 15.9. The summed E-state index contributed by atoms with van der Waals surface area (Å²) < 4.78 is 37.7. The van der Waals surface area contributed by atoms with E-state index in [0.717, 1.165) is 17.4 Å². The summed E-state index contributed by atoms with van der Waals surface area (Å²) in [6.45, 7) is 0.656. The minimum Gasteiger partial charge on any atom is -0.481 e. The number of aliphatic carboxylic acids is 1. The molecule has 178 valence electrons. The molecule has 2 atom stereocenters. The molecular formula is C25H25NO7S. The first kappa shape index (κ1) is 23.6. The normalized spacial score (nSPS) is 22.3. The second-order valence-electron chi connectivity index (χ2n) is 8.30. The minimum absolute atomic E-state index is 0.0708. The van der Waals surface area contributed by atoms with Gasteiger partial charge in [0.2, 0.25) is 4.93 Å². The zero-order valence-corrected chi connectivity index (χ0v) is 19.4. The number of benzene rings is 2. The fraction of sp³-hybridized carbons (Fsp3) is 0.280. The third-order valence-corrected chi connectivity index (χ3v) is 7.55. The molecule has 1 aliphatic carbocycles. The Hall–Kier alpha value is -3.59. The first-order chi connectivity index (χ1) is 16.2. The maximum Gasteiger partial charge on any atom is 0.409 e. The van der Waals surface area contributed by atoms with Crippen LogP contribution in [0.25, 0.3) is 5.57 Å². The van der Waals surface area contributed by atoms with Crippen molar-refractivity contribution in [2.45, 2.75) is 11.4 Å². The van der Waals surface area contributed by atoms with Crippen LogP contribution in [-0.2, 0) is 25.8 Å². The Labute approximate surface area is 198 Å². The predicted molar refractivity (Wildman–Crippen MR) is 126 cm³/mol. The molecule has 2 aromatic carbocycles. The Morgan fingerprint density at radius 3 is 2.62 bits per heavy atom. The van der Waals surface area contributed by atoms with Gasteiger partial charge in [-0.2, -0.15) is 0 Å². The standard InChI is InChI=1S/C25H25NO7S/c1-34(30,31)25(33-22-9-5-6-18(14-22)15-23(27)28)11-10-20(19-7-3-2-4-8-19)16-21(25)17-26-12-13-32-24(26)29/h2-11,14,16,21H,12-13,15,17H2,1H3,(H,27,28). The first-order valence-corrected chi connectivity index (χ1v) is 12.6. The van der Waals surface area contributed by atoms with Gasteiger partial charge < -0.3 is 19.5 Å². The van der Waals surface area contributed by atoms with Gasteiger partial charge in [-0.3, -0.25) is 4.79 Å². The number of cyclic esters (lactones) is 1. The largest absolute Gasteiger partial charge is 0.481 e. The highest BCUT2D eigenvalue weighted by Crippen LogP contribution is 2.40. The second kappa shape index (κ2) is 9.34. The van der Waals surface area contributed by atoms with E-state index >= 15 is 0 Å². The van der Waals surface area contributed by atoms with Gasteiger partial charge in [0.15, 0.2) is 9.84 Å². The monoisotopic (exact) mass is 483 g/mol. The van der Waals surface area contributed by atoms with Crippen LogP contribution >= 0.6 is 0 Å². The van der Waals surface area contributed by atoms with Crippen LogP contribution in [0.5, 0.6) is 5.75 Å². The van der Waals surface area contributed by atoms with Crippen LogP contribution < -0.4 is 4.74 Å². The summed E-state index contributed by atoms with van der Waals surface area (Å²) in [5, 5.41) is 9.12. The van der Waals surface area contributed by atoms with Crippen molar-refractivity contribution in [3.05, 3.63) is 84.0 Å². The number of nitrogens with zero attached hydrogens (tertiary/aromatic N) is 1. The minimum atomic E-state index is -3.88. The van der Waals surface area contributed by atoms with Crippen LogP contribution in [0.2, 0.25) is 0 Å². The fourth-order valence-corrected chi connectivity index (χ4v) is 5.47. The van der Waals surface area contributed by atoms with Crippen LogP contribution in [0, 0.1) is 5.92 Å². The summed E-state index contributed by atoms with van der Waals surface area (Å²) in [6.07, 6.45) is 5.39. The van der Waals surface area contributed by atoms with E-state index in [1.165, 1.54) is 17.0 Å². The van der Waals surface area contributed by atoms with Crippen molar-refractivity contribution in [2.24, 2.45) is 5.92 Å². The van der Waals surface area contributed by atoms with Gasteiger partial charge in [-0.1, -0.05) is 54.6 Å². The Balaban J connectivity index is 1.77. The van der Waals surface area contributed by atoms with Gasteiger partial charge in [-0.05, 0) is 34.9 Å². The SMILES string of the molecule is CS(=O)(=O)C1(Oc2cccc(CC(=O)O)c2)C=CC(c2ccccc2)=CC1CN1CCOC1=O. The summed E-state index contributed by atoms with van der Waals surface area (Å²) in [4.78, 5) is 23.0. The van der Waals surface area contributed by atoms with E-state index in [2.05, 4.69) is 0 Å². The molecule has 2 unspecified atom stereocenters. The van der Waals surface area contributed by atoms with Gasteiger partial charge in [0.1, 0.15) is 12.4 Å². The van der Waals surface area contributed by atoms with Gasteiger partial charge in [-0.25, -0.2) is 13.2 Å². The lowest BCUT2D eigenvalue weighted by Gasteiger charge is -2.39. The van der Waals surface area contributed by atoms with Crippen LogP contribution in [0.15, 0.2) is 72.8 Å². The van der Waals surface area contributed by atoms with Gasteiger partial charge in [-0.15, -0.1) is 0 Å². The average molecular weight is 484 g/mol. The van der Waals surface area contributed by atoms with E-state index in [1.54, 1.807) is 24.3 Å². The zero-order valence-electron chi connectivity index (χ0n) is 18.6. The molecule has 1 aliphatic heterocycles. The second-order valence-corrected chi connectivity index (χ2v) is 10.5. The molecule has 1 fully saturated rings. The molecule has 34 heavy (non-hydrogen) atoms. The highest BCUT2D eigenvalue weighted by Gasteiger charge is 2.50. The van der Waals surface area contributed by atoms with Crippen LogP contribution in [0.1, 0.15) is 11.1 Å². The molecule has 1 N–H and O–H groups in total. The Bertz CT molecular complexity index is 1250. The molecule has 1 amide bonds. The van der Waals surface area contributed by atoms with Gasteiger partial charge in [0, 0.05) is 12.8 Å². The highest BCUT2D eigenvalue weighted by atomic mass is 32.2. The zero-order chi connectivity index (χ0) is 24.3. The molecule has 0 aromatic heterocycles. The van der Waals surface area contributed by atoms with E-state index < -0.39 is 32.8 Å². The van der Waals surface area contributed by atoms with E-state index in [0.29, 0.717) is 12.1 Å². The number of ether oxygens (including phenoxy) is 2. The Morgan fingerprint density at radius 2 is 1.97 bits per heavy atom. The van der Waals surface area contributed by atoms with Crippen molar-refractivity contribution in [3.63, 3.8) is 0 Å². The molecule has 1 heterocycles. The number of allylic oxidation sites excluding steroid dienone is 2. The Morgan fingerprint density at radius 1 is 1.21 bits per heavy atom. The van der Waals surface area contributed by atoms with Crippen molar-refractivity contribution < 1.29 is 32.6 Å². The molecule has 0 radical (unpaired) electrons. The number of carbonyl (C=O) groups is 2. The Kier molecular flexibility index (Phi) is 6.47. The lowest BCUT2D eigenvalue weighted by molar-refractivity contribution is -0.136. The molecule has 4 rings (SSSR count). The maximum absolute atomic E-state index is 13.2. The highest BCUT2D eigenvalue weighted by molar-refractivity contribution is 7.92. The predicted octanol–water partition coefficient (Wildman–Crippen LogP) is 3.16. The average Bonchev–Trinajstić information content (AvgIpc) is 3.19. The smallest absolute Gasteiger partial charge is 0.409 e. The summed E-state index contributed by atoms with van der Waals surface area (Å²) in [5.41, 5.74) is 2.19. The van der Waals surface area contributed by atoms with Crippen molar-refractivity contribution in [1.82, 2.24) is 4.90 Å². The number of hydrogen-bond donors (Lipinski definition) is 1. The maximum atomic E-state index is 13.2. The number of carbonyl (C=O) groups excluding carboxylic acids is 1. The van der Waals surface area contributed by atoms with Crippen LogP contribution in [0.3, 0.4) is 0 Å². The number of rotatable bonds is 8. The summed E-state index contributed by atoms with van der Waals surface area (Å²) in [7, 11) is -3.88. The fourth-order valence-electron chi connectivity index (χ4n) is 4.21. The number of sulfone groups is 1. The molecule has 0 saturated carbocycles. The molecule has 2 aliphatic rings. The van der Waals surface area contributed by atoms with E-state index in [9.17, 15) is 18.0 Å². The first-order valence-electron chi connectivity index (χ1n) is 10.8. The lowest BCUT2D eigenvalue weighted by Crippen LogP contribution is -2.53. The van der Waals surface area contributed by atoms with Crippen LogP contribution in [-0.4, -0.2) is 61.4 Å². The summed E-state index contributed by atoms with van der Waals surface area (Å²) in [5.74, 6) is -1.54. The van der Waals surface area contributed by atoms with Crippen molar-refractivity contribution in [3.8, 4) is 5.75 Å². The lowest BCUT2D eigenvalue weighted by atomic mass is 9.89. The molecular weight excluding hydrogens is 458 g/mol. The van der Waals surface area contributed by atoms with E-state index in [4.69, 9.17) is 14.6 Å².